The number of allylic oxidation sites excluding steroid dienone is 3. The zero-order valence-corrected chi connectivity index (χ0v) is 28.2. The van der Waals surface area contributed by atoms with E-state index in [2.05, 4.69) is 4.72 Å². The molecule has 1 atom stereocenters. The first-order chi connectivity index (χ1) is 19.4. The van der Waals surface area contributed by atoms with Crippen LogP contribution >= 0.6 is 46.4 Å². The lowest BCUT2D eigenvalue weighted by molar-refractivity contribution is 0.241. The number of rotatable bonds is 9. The second-order valence-electron chi connectivity index (χ2n) is 11.4. The Hall–Kier alpha value is -2.07. The monoisotopic (exact) mass is 673 g/mol. The van der Waals surface area contributed by atoms with Gasteiger partial charge in [-0.2, -0.15) is 0 Å². The van der Waals surface area contributed by atoms with Crippen LogP contribution in [0.15, 0.2) is 69.5 Å². The molecule has 1 amide bonds. The van der Waals surface area contributed by atoms with Gasteiger partial charge >= 0.3 is 5.37 Å². The van der Waals surface area contributed by atoms with E-state index in [1.807, 2.05) is 32.1 Å². The number of hydrogen-bond donors (Lipinski definition) is 1. The minimum atomic E-state index is -4.09. The molecule has 7 nitrogen and oxygen atoms in total. The van der Waals surface area contributed by atoms with Gasteiger partial charge in [0, 0.05) is 27.6 Å². The molecule has 1 aliphatic rings. The number of nitrogens with one attached hydrogen (secondary N) is 1. The average molecular weight is 676 g/mol. The molecule has 42 heavy (non-hydrogen) atoms. The first kappa shape index (κ1) is 34.4. The van der Waals surface area contributed by atoms with Crippen LogP contribution in [0.25, 0.3) is 0 Å². The molecule has 0 aliphatic heterocycles. The summed E-state index contributed by atoms with van der Waals surface area (Å²) in [7, 11) is -4.09. The maximum Gasteiger partial charge on any atom is 0.322 e. The maximum absolute atomic E-state index is 13.5. The van der Waals surface area contributed by atoms with E-state index in [1.165, 1.54) is 17.0 Å². The highest BCUT2D eigenvalue weighted by Crippen LogP contribution is 2.36. The van der Waals surface area contributed by atoms with Gasteiger partial charge in [-0.05, 0) is 89.4 Å². The van der Waals surface area contributed by atoms with Crippen molar-refractivity contribution in [1.82, 2.24) is 9.62 Å². The molecule has 0 aromatic heterocycles. The van der Waals surface area contributed by atoms with Gasteiger partial charge in [-0.15, -0.1) is 0 Å². The lowest BCUT2D eigenvalue weighted by atomic mass is 9.83. The number of benzene rings is 2. The molecule has 0 saturated carbocycles. The van der Waals surface area contributed by atoms with Crippen LogP contribution in [0, 0.1) is 5.92 Å². The van der Waals surface area contributed by atoms with Crippen LogP contribution in [0.2, 0.25) is 10.0 Å². The Bertz CT molecular complexity index is 1510. The van der Waals surface area contributed by atoms with Crippen molar-refractivity contribution in [3.8, 4) is 5.75 Å². The van der Waals surface area contributed by atoms with E-state index in [-0.39, 0.29) is 46.1 Å². The second-order valence-corrected chi connectivity index (χ2v) is 14.7. The van der Waals surface area contributed by atoms with Gasteiger partial charge < -0.3 is 4.74 Å². The molecule has 1 unspecified atom stereocenters. The molecule has 12 heteroatoms. The number of carbonyl (C=O) groups excluding carboxylic acids is 1. The number of hydrogen-bond acceptors (Lipinski definition) is 5. The van der Waals surface area contributed by atoms with Gasteiger partial charge in [-0.25, -0.2) is 13.1 Å². The number of carbonyl (C=O) groups is 1. The molecule has 0 saturated heterocycles. The predicted octanol–water partition coefficient (Wildman–Crippen LogP) is 8.55. The molecule has 2 aromatic rings. The predicted molar refractivity (Wildman–Crippen MR) is 173 cm³/mol. The molecule has 1 N–H and O–H groups in total. The van der Waals surface area contributed by atoms with Crippen LogP contribution in [-0.2, 0) is 16.6 Å². The van der Waals surface area contributed by atoms with Crippen molar-refractivity contribution in [2.45, 2.75) is 70.5 Å². The fourth-order valence-electron chi connectivity index (χ4n) is 4.38. The molecule has 0 bridgehead atoms. The number of sulfonamides is 1. The third kappa shape index (κ3) is 8.97. The van der Waals surface area contributed by atoms with Crippen molar-refractivity contribution < 1.29 is 17.9 Å². The van der Waals surface area contributed by atoms with Gasteiger partial charge in [0.1, 0.15) is 16.5 Å². The number of ether oxygens (including phenoxy) is 1. The first-order valence-electron chi connectivity index (χ1n) is 13.3. The van der Waals surface area contributed by atoms with Crippen molar-refractivity contribution in [2.24, 2.45) is 10.9 Å². The Morgan fingerprint density at radius 1 is 1.10 bits per heavy atom. The number of aliphatic imine (C=N–C) groups is 1. The summed E-state index contributed by atoms with van der Waals surface area (Å²) < 4.78 is 35.5. The SMILES string of the molecule is CCOc1cc(Cl)c(S(=O)(=O)NC(C)(C)C)cc1C(=NC(C)(C)C1C=CC(Cl)=CC1)N(Cc1ccc(Cl)cc1)C(=O)Cl. The summed E-state index contributed by atoms with van der Waals surface area (Å²) in [6.45, 7) is 11.1. The molecular formula is C30H35Cl4N3O4S. The van der Waals surface area contributed by atoms with E-state index in [0.717, 1.165) is 5.56 Å². The average Bonchev–Trinajstić information content (AvgIpc) is 2.86. The summed E-state index contributed by atoms with van der Waals surface area (Å²) in [6.07, 6.45) is 6.28. The van der Waals surface area contributed by atoms with E-state index in [9.17, 15) is 13.2 Å². The molecule has 3 rings (SSSR count). The topological polar surface area (TPSA) is 88.1 Å². The Morgan fingerprint density at radius 3 is 2.26 bits per heavy atom. The lowest BCUT2D eigenvalue weighted by Gasteiger charge is -2.33. The lowest BCUT2D eigenvalue weighted by Crippen LogP contribution is -2.41. The number of amides is 1. The number of nitrogens with zero attached hydrogens (tertiary/aromatic N) is 2. The maximum atomic E-state index is 13.5. The van der Waals surface area contributed by atoms with Gasteiger partial charge in [0.25, 0.3) is 0 Å². The Balaban J connectivity index is 2.32. The Labute approximate surface area is 268 Å². The summed E-state index contributed by atoms with van der Waals surface area (Å²) in [5.41, 5.74) is -0.620. The molecule has 0 fully saturated rings. The zero-order valence-electron chi connectivity index (χ0n) is 24.3. The van der Waals surface area contributed by atoms with Crippen LogP contribution in [0.4, 0.5) is 4.79 Å². The number of amidine groups is 1. The van der Waals surface area contributed by atoms with E-state index < -0.39 is 26.5 Å². The minimum absolute atomic E-state index is 0.0250. The van der Waals surface area contributed by atoms with Gasteiger partial charge in [0.2, 0.25) is 10.0 Å². The molecular weight excluding hydrogens is 640 g/mol. The number of halogens is 4. The second kappa shape index (κ2) is 13.7. The summed E-state index contributed by atoms with van der Waals surface area (Å²) in [5.74, 6) is 0.274. The summed E-state index contributed by atoms with van der Waals surface area (Å²) in [4.78, 5) is 19.3. The normalized spacial score (nSPS) is 16.3. The molecule has 0 spiro atoms. The highest BCUT2D eigenvalue weighted by Gasteiger charge is 2.34. The summed E-state index contributed by atoms with van der Waals surface area (Å²) >= 11 is 25.0. The van der Waals surface area contributed by atoms with Crippen LogP contribution in [0.3, 0.4) is 0 Å². The first-order valence-corrected chi connectivity index (χ1v) is 16.3. The van der Waals surface area contributed by atoms with E-state index >= 15 is 0 Å². The quantitative estimate of drug-likeness (QED) is 0.125. The highest BCUT2D eigenvalue weighted by molar-refractivity contribution is 7.89. The Morgan fingerprint density at radius 2 is 1.74 bits per heavy atom. The van der Waals surface area contributed by atoms with Crippen molar-refractivity contribution in [3.05, 3.63) is 80.8 Å². The van der Waals surface area contributed by atoms with Crippen LogP contribution in [-0.4, -0.2) is 42.2 Å². The van der Waals surface area contributed by atoms with Crippen LogP contribution < -0.4 is 9.46 Å². The van der Waals surface area contributed by atoms with E-state index in [1.54, 1.807) is 52.0 Å². The largest absolute Gasteiger partial charge is 0.493 e. The molecule has 228 valence electrons. The van der Waals surface area contributed by atoms with Crippen LogP contribution in [0.5, 0.6) is 5.75 Å². The fraction of sp³-hybridized carbons (Fsp3) is 0.400. The van der Waals surface area contributed by atoms with Crippen LogP contribution in [0.1, 0.15) is 59.1 Å². The fourth-order valence-corrected chi connectivity index (χ4v) is 6.77. The minimum Gasteiger partial charge on any atom is -0.493 e. The smallest absolute Gasteiger partial charge is 0.322 e. The molecule has 2 aromatic carbocycles. The Kier molecular flexibility index (Phi) is 11.2. The molecule has 0 radical (unpaired) electrons. The van der Waals surface area contributed by atoms with Gasteiger partial charge in [0.15, 0.2) is 0 Å². The zero-order chi connectivity index (χ0) is 31.5. The standard InChI is InChI=1S/C30H35Cl4N3O4S/c1-7-41-25-17-24(33)26(42(39,40)36-29(2,3)4)16-23(25)27(35-30(5,6)20-10-14-22(32)15-11-20)37(28(34)38)18-19-8-12-21(31)13-9-19/h8-10,12-17,20,36H,7,11,18H2,1-6H3. The van der Waals surface area contributed by atoms with E-state index in [0.29, 0.717) is 16.5 Å². The van der Waals surface area contributed by atoms with Crippen molar-refractivity contribution in [2.75, 3.05) is 6.61 Å². The van der Waals surface area contributed by atoms with Gasteiger partial charge in [-0.3, -0.25) is 14.7 Å². The third-order valence-electron chi connectivity index (χ3n) is 6.38. The highest BCUT2D eigenvalue weighted by atomic mass is 35.5. The van der Waals surface area contributed by atoms with Crippen molar-refractivity contribution in [3.63, 3.8) is 0 Å². The van der Waals surface area contributed by atoms with Crippen molar-refractivity contribution in [1.29, 1.82) is 0 Å². The summed E-state index contributed by atoms with van der Waals surface area (Å²) in [6, 6.07) is 9.73. The van der Waals surface area contributed by atoms with Gasteiger partial charge in [-0.1, -0.05) is 59.1 Å². The summed E-state index contributed by atoms with van der Waals surface area (Å²) in [5, 5.41) is 0.292. The molecule has 0 heterocycles. The van der Waals surface area contributed by atoms with E-state index in [4.69, 9.17) is 56.1 Å². The third-order valence-corrected chi connectivity index (χ3v) is 9.34. The van der Waals surface area contributed by atoms with Gasteiger partial charge in [0.05, 0.1) is 29.3 Å². The van der Waals surface area contributed by atoms with Crippen molar-refractivity contribution >= 4 is 67.6 Å². The molecule has 1 aliphatic carbocycles.